The molecule has 0 saturated heterocycles. The molecule has 0 amide bonds. The maximum Gasteiger partial charge on any atom is 0.695 e. The van der Waals surface area contributed by atoms with Crippen LogP contribution >= 0.6 is 8.25 Å². The lowest BCUT2D eigenvalue weighted by molar-refractivity contribution is 0.177. The minimum Gasteiger partial charge on any atom is -0.507 e. The van der Waals surface area contributed by atoms with Crippen molar-refractivity contribution in [2.75, 3.05) is 0 Å². The molecule has 1 aromatic rings. The summed E-state index contributed by atoms with van der Waals surface area (Å²) in [7, 11) is -2.71. The van der Waals surface area contributed by atoms with Crippen molar-refractivity contribution in [2.24, 2.45) is 0 Å². The zero-order valence-electron chi connectivity index (χ0n) is 33.0. The van der Waals surface area contributed by atoms with Crippen molar-refractivity contribution in [3.63, 3.8) is 0 Å². The zero-order valence-corrected chi connectivity index (χ0v) is 33.9. The van der Waals surface area contributed by atoms with Crippen molar-refractivity contribution in [1.29, 1.82) is 0 Å². The van der Waals surface area contributed by atoms with Gasteiger partial charge in [0.05, 0.1) is 0 Å². The minimum atomic E-state index is -2.71. The summed E-state index contributed by atoms with van der Waals surface area (Å²) in [6.45, 7) is 14.8. The SMILES string of the molecule is CCCCCCCCCCCCCCCCCCCCCCCCCCCCC(O[P+](=O)O)c1cc(C(C)(C)C)c(O)c(C(C)(C)C)c1. The highest BCUT2D eigenvalue weighted by molar-refractivity contribution is 7.32. The van der Waals surface area contributed by atoms with Gasteiger partial charge >= 0.3 is 8.25 Å². The van der Waals surface area contributed by atoms with Crippen molar-refractivity contribution >= 4 is 8.25 Å². The van der Waals surface area contributed by atoms with Crippen LogP contribution in [0.2, 0.25) is 0 Å². The molecule has 0 fully saturated rings. The van der Waals surface area contributed by atoms with Gasteiger partial charge in [-0.15, -0.1) is 9.42 Å². The molecule has 2 atom stereocenters. The Hall–Kier alpha value is -0.960. The van der Waals surface area contributed by atoms with E-state index in [1.54, 1.807) is 0 Å². The van der Waals surface area contributed by atoms with Gasteiger partial charge in [-0.1, -0.05) is 215 Å². The van der Waals surface area contributed by atoms with Crippen molar-refractivity contribution < 1.29 is 19.1 Å². The van der Waals surface area contributed by atoms with E-state index >= 15 is 0 Å². The van der Waals surface area contributed by atoms with Gasteiger partial charge in [-0.2, -0.15) is 0 Å². The van der Waals surface area contributed by atoms with Crippen LogP contribution in [-0.4, -0.2) is 10.00 Å². The van der Waals surface area contributed by atoms with Gasteiger partial charge in [0.15, 0.2) is 0 Å². The van der Waals surface area contributed by atoms with Crippen LogP contribution in [0, 0.1) is 0 Å². The fourth-order valence-corrected chi connectivity index (χ4v) is 7.47. The van der Waals surface area contributed by atoms with Gasteiger partial charge < -0.3 is 5.11 Å². The Morgan fingerprint density at radius 2 is 0.812 bits per heavy atom. The Bertz CT molecular complexity index is 910. The van der Waals surface area contributed by atoms with E-state index in [1.807, 2.05) is 12.1 Å². The summed E-state index contributed by atoms with van der Waals surface area (Å²) in [5, 5.41) is 11.1. The number of unbranched alkanes of at least 4 members (excludes halogenated alkanes) is 25. The number of phenols is 1. The minimum absolute atomic E-state index is 0.252. The van der Waals surface area contributed by atoms with E-state index in [9.17, 15) is 14.6 Å². The molecule has 2 unspecified atom stereocenters. The second kappa shape index (κ2) is 26.8. The van der Waals surface area contributed by atoms with Crippen LogP contribution < -0.4 is 0 Å². The fourth-order valence-electron chi connectivity index (χ4n) is 7.02. The predicted molar refractivity (Wildman–Crippen MR) is 209 cm³/mol. The lowest BCUT2D eigenvalue weighted by Crippen LogP contribution is -2.18. The lowest BCUT2D eigenvalue weighted by Gasteiger charge is -2.29. The van der Waals surface area contributed by atoms with Crippen LogP contribution in [0.15, 0.2) is 12.1 Å². The Balaban J connectivity index is 2.09. The second-order valence-electron chi connectivity index (χ2n) is 16.9. The number of hydrogen-bond acceptors (Lipinski definition) is 3. The average molecular weight is 692 g/mol. The first-order valence-electron chi connectivity index (χ1n) is 20.6. The monoisotopic (exact) mass is 692 g/mol. The van der Waals surface area contributed by atoms with E-state index in [-0.39, 0.29) is 10.8 Å². The quantitative estimate of drug-likeness (QED) is 0.0622. The molecule has 0 bridgehead atoms. The molecule has 0 spiro atoms. The first kappa shape index (κ1) is 45.1. The Kier molecular flexibility index (Phi) is 25.2. The largest absolute Gasteiger partial charge is 0.695 e. The summed E-state index contributed by atoms with van der Waals surface area (Å²) in [6, 6.07) is 3.96. The zero-order chi connectivity index (χ0) is 35.7. The maximum atomic E-state index is 11.7. The molecule has 0 aliphatic heterocycles. The van der Waals surface area contributed by atoms with Crippen LogP contribution in [0.5, 0.6) is 5.75 Å². The molecule has 0 aliphatic carbocycles. The number of hydrogen-bond donors (Lipinski definition) is 2. The van der Waals surface area contributed by atoms with E-state index in [2.05, 4.69) is 48.5 Å². The molecule has 1 rings (SSSR count). The van der Waals surface area contributed by atoms with Gasteiger partial charge in [-0.3, -0.25) is 0 Å². The molecule has 48 heavy (non-hydrogen) atoms. The molecule has 0 saturated carbocycles. The highest BCUT2D eigenvalue weighted by atomic mass is 31.1. The fraction of sp³-hybridized carbons (Fsp3) is 0.860. The van der Waals surface area contributed by atoms with E-state index in [0.29, 0.717) is 12.2 Å². The van der Waals surface area contributed by atoms with E-state index < -0.39 is 14.4 Å². The third-order valence-corrected chi connectivity index (χ3v) is 10.6. The van der Waals surface area contributed by atoms with Gasteiger partial charge in [0, 0.05) is 4.57 Å². The van der Waals surface area contributed by atoms with Crippen LogP contribution in [0.25, 0.3) is 0 Å². The summed E-state index contributed by atoms with van der Waals surface area (Å²) in [6.07, 6.45) is 36.1. The van der Waals surface area contributed by atoms with Gasteiger partial charge in [0.25, 0.3) is 0 Å². The molecule has 280 valence electrons. The Morgan fingerprint density at radius 1 is 0.542 bits per heavy atom. The number of rotatable bonds is 30. The van der Waals surface area contributed by atoms with Crippen LogP contribution in [0.4, 0.5) is 0 Å². The van der Waals surface area contributed by atoms with Crippen molar-refractivity contribution in [3.05, 3.63) is 28.8 Å². The molecule has 1 aromatic carbocycles. The highest BCUT2D eigenvalue weighted by Crippen LogP contribution is 2.43. The number of phenolic OH excluding ortho intramolecular Hbond substituents is 1. The summed E-state index contributed by atoms with van der Waals surface area (Å²) in [4.78, 5) is 9.63. The second-order valence-corrected chi connectivity index (χ2v) is 17.6. The van der Waals surface area contributed by atoms with E-state index in [4.69, 9.17) is 4.52 Å². The molecule has 0 aromatic heterocycles. The van der Waals surface area contributed by atoms with Crippen LogP contribution in [-0.2, 0) is 19.9 Å². The van der Waals surface area contributed by atoms with Gasteiger partial charge in [-0.25, -0.2) is 0 Å². The van der Waals surface area contributed by atoms with Crippen molar-refractivity contribution in [2.45, 2.75) is 239 Å². The van der Waals surface area contributed by atoms with Crippen molar-refractivity contribution in [1.82, 2.24) is 0 Å². The van der Waals surface area contributed by atoms with Gasteiger partial charge in [0.1, 0.15) is 11.9 Å². The van der Waals surface area contributed by atoms with Crippen molar-refractivity contribution in [3.8, 4) is 5.75 Å². The summed E-state index contributed by atoms with van der Waals surface area (Å²) in [5.41, 5.74) is 2.10. The maximum absolute atomic E-state index is 11.7. The Labute approximate surface area is 300 Å². The third kappa shape index (κ3) is 22.0. The molecule has 0 aliphatic rings. The molecule has 4 nitrogen and oxygen atoms in total. The van der Waals surface area contributed by atoms with Crippen LogP contribution in [0.1, 0.15) is 245 Å². The summed E-state index contributed by atoms with van der Waals surface area (Å²) >= 11 is 0. The third-order valence-electron chi connectivity index (χ3n) is 10.2. The molecule has 0 radical (unpaired) electrons. The smallest absolute Gasteiger partial charge is 0.507 e. The topological polar surface area (TPSA) is 66.8 Å². The standard InChI is InChI=1S/C43H79O4P/c1-8-9-10-11-12-13-14-15-16-17-18-19-20-21-22-23-24-25-26-27-28-29-30-31-32-33-34-40(47-48(45)46)37-35-38(42(2,3)4)41(44)39(36-37)43(5,6)7/h35-36,40H,8-34H2,1-7H3,(H-,44,45,46)/p+1. The molecule has 0 heterocycles. The number of aromatic hydroxyl groups is 1. The predicted octanol–water partition coefficient (Wildman–Crippen LogP) is 15.2. The average Bonchev–Trinajstić information content (AvgIpc) is 3.01. The summed E-state index contributed by atoms with van der Waals surface area (Å²) < 4.78 is 17.3. The molecule has 2 N–H and O–H groups in total. The van der Waals surface area contributed by atoms with Crippen LogP contribution in [0.3, 0.4) is 0 Å². The summed E-state index contributed by atoms with van der Waals surface area (Å²) in [5.74, 6) is 0.325. The first-order valence-corrected chi connectivity index (χ1v) is 21.7. The lowest BCUT2D eigenvalue weighted by atomic mass is 9.77. The Morgan fingerprint density at radius 3 is 1.06 bits per heavy atom. The van der Waals surface area contributed by atoms with E-state index in [1.165, 1.54) is 154 Å². The molecular weight excluding hydrogens is 611 g/mol. The van der Waals surface area contributed by atoms with E-state index in [0.717, 1.165) is 29.5 Å². The first-order chi connectivity index (χ1) is 22.9. The number of benzene rings is 1. The molecular formula is C43H80O4P+. The van der Waals surface area contributed by atoms with Gasteiger partial charge in [0.2, 0.25) is 0 Å². The van der Waals surface area contributed by atoms with Gasteiger partial charge in [-0.05, 0) is 46.1 Å². The normalized spacial score (nSPS) is 13.3. The highest BCUT2D eigenvalue weighted by Gasteiger charge is 2.31. The molecule has 5 heteroatoms.